The zero-order chi connectivity index (χ0) is 18.4. The van der Waals surface area contributed by atoms with E-state index in [1.54, 1.807) is 30.3 Å². The minimum Gasteiger partial charge on any atom is -0.427 e. The molecule has 2 aromatic carbocycles. The first-order valence-electron chi connectivity index (χ1n) is 7.81. The molecule has 0 amide bonds. The number of benzene rings is 2. The van der Waals surface area contributed by atoms with E-state index in [0.29, 0.717) is 44.3 Å². The number of nitrogens with one attached hydrogen (secondary N) is 1. The predicted octanol–water partition coefficient (Wildman–Crippen LogP) is 3.28. The summed E-state index contributed by atoms with van der Waals surface area (Å²) in [5.74, 6) is -0.219. The SMILES string of the molecule is CC(=O)Oc1ccc2c(c1)[nH]c1c3ccc(OC(C)=O)cc3oc(=O)c21. The van der Waals surface area contributed by atoms with Crippen molar-refractivity contribution < 1.29 is 23.5 Å². The third-order valence-electron chi connectivity index (χ3n) is 3.92. The van der Waals surface area contributed by atoms with Gasteiger partial charge in [-0.2, -0.15) is 0 Å². The van der Waals surface area contributed by atoms with Gasteiger partial charge in [0.25, 0.3) is 0 Å². The van der Waals surface area contributed by atoms with Gasteiger partial charge in [-0.25, -0.2) is 4.79 Å². The van der Waals surface area contributed by atoms with Gasteiger partial charge in [-0.3, -0.25) is 9.59 Å². The minimum atomic E-state index is -0.515. The van der Waals surface area contributed by atoms with Gasteiger partial charge in [0.05, 0.1) is 16.4 Å². The van der Waals surface area contributed by atoms with Crippen LogP contribution in [-0.4, -0.2) is 16.9 Å². The van der Waals surface area contributed by atoms with Crippen molar-refractivity contribution in [2.24, 2.45) is 0 Å². The lowest BCUT2D eigenvalue weighted by Crippen LogP contribution is -2.02. The number of aromatic amines is 1. The molecule has 1 N–H and O–H groups in total. The molecule has 0 atom stereocenters. The van der Waals surface area contributed by atoms with E-state index in [1.807, 2.05) is 0 Å². The van der Waals surface area contributed by atoms with Crippen molar-refractivity contribution in [3.8, 4) is 11.5 Å². The van der Waals surface area contributed by atoms with Crippen LogP contribution in [0.25, 0.3) is 32.8 Å². The van der Waals surface area contributed by atoms with Crippen LogP contribution in [0.1, 0.15) is 13.8 Å². The molecule has 0 spiro atoms. The number of carbonyl (C=O) groups excluding carboxylic acids is 2. The molecule has 2 heterocycles. The number of ether oxygens (including phenoxy) is 2. The van der Waals surface area contributed by atoms with Gasteiger partial charge in [0.2, 0.25) is 0 Å². The third kappa shape index (κ3) is 2.59. The van der Waals surface area contributed by atoms with Crippen LogP contribution in [0.2, 0.25) is 0 Å². The Morgan fingerprint density at radius 2 is 1.54 bits per heavy atom. The summed E-state index contributed by atoms with van der Waals surface area (Å²) in [6, 6.07) is 9.79. The largest absolute Gasteiger partial charge is 0.427 e. The number of rotatable bonds is 2. The van der Waals surface area contributed by atoms with E-state index < -0.39 is 17.6 Å². The number of hydrogen-bond donors (Lipinski definition) is 1. The Bertz CT molecular complexity index is 1260. The lowest BCUT2D eigenvalue weighted by atomic mass is 10.1. The Balaban J connectivity index is 1.98. The van der Waals surface area contributed by atoms with Crippen LogP contribution in [0.5, 0.6) is 11.5 Å². The maximum absolute atomic E-state index is 12.5. The van der Waals surface area contributed by atoms with E-state index in [1.165, 1.54) is 19.9 Å². The Hall–Kier alpha value is -3.61. The van der Waals surface area contributed by atoms with Gasteiger partial charge in [0.15, 0.2) is 0 Å². The Morgan fingerprint density at radius 1 is 0.923 bits per heavy atom. The van der Waals surface area contributed by atoms with E-state index in [0.717, 1.165) is 0 Å². The molecular weight excluding hydrogens is 338 g/mol. The van der Waals surface area contributed by atoms with Crippen molar-refractivity contribution in [3.05, 3.63) is 46.8 Å². The quantitative estimate of drug-likeness (QED) is 0.338. The molecule has 0 bridgehead atoms. The van der Waals surface area contributed by atoms with Crippen molar-refractivity contribution >= 4 is 44.7 Å². The van der Waals surface area contributed by atoms with Crippen LogP contribution in [0.3, 0.4) is 0 Å². The van der Waals surface area contributed by atoms with E-state index in [9.17, 15) is 14.4 Å². The number of esters is 2. The molecule has 0 saturated heterocycles. The molecule has 26 heavy (non-hydrogen) atoms. The highest BCUT2D eigenvalue weighted by atomic mass is 16.5. The molecule has 2 aromatic heterocycles. The second-order valence-electron chi connectivity index (χ2n) is 5.82. The first-order chi connectivity index (χ1) is 12.4. The number of hydrogen-bond acceptors (Lipinski definition) is 6. The van der Waals surface area contributed by atoms with Crippen molar-refractivity contribution in [2.75, 3.05) is 0 Å². The van der Waals surface area contributed by atoms with E-state index in [2.05, 4.69) is 4.98 Å². The van der Waals surface area contributed by atoms with Crippen molar-refractivity contribution in [2.45, 2.75) is 13.8 Å². The highest BCUT2D eigenvalue weighted by Gasteiger charge is 2.15. The number of aromatic nitrogens is 1. The van der Waals surface area contributed by atoms with Gasteiger partial charge in [-0.1, -0.05) is 0 Å². The van der Waals surface area contributed by atoms with Crippen LogP contribution in [-0.2, 0) is 9.59 Å². The van der Waals surface area contributed by atoms with Gasteiger partial charge in [-0.05, 0) is 24.3 Å². The second kappa shape index (κ2) is 5.73. The minimum absolute atomic E-state index is 0.292. The molecule has 0 aliphatic heterocycles. The van der Waals surface area contributed by atoms with E-state index in [4.69, 9.17) is 13.9 Å². The smallest absolute Gasteiger partial charge is 0.346 e. The lowest BCUT2D eigenvalue weighted by molar-refractivity contribution is -0.132. The average molecular weight is 351 g/mol. The second-order valence-corrected chi connectivity index (χ2v) is 5.82. The molecule has 0 fully saturated rings. The molecule has 4 aromatic rings. The normalized spacial score (nSPS) is 11.2. The zero-order valence-corrected chi connectivity index (χ0v) is 13.9. The van der Waals surface area contributed by atoms with Crippen molar-refractivity contribution in [1.82, 2.24) is 4.98 Å². The van der Waals surface area contributed by atoms with Crippen LogP contribution in [0.15, 0.2) is 45.6 Å². The summed E-state index contributed by atoms with van der Waals surface area (Å²) in [5.41, 5.74) is 1.02. The summed E-state index contributed by atoms with van der Waals surface area (Å²) < 4.78 is 15.5. The molecule has 0 unspecified atom stereocenters. The van der Waals surface area contributed by atoms with Gasteiger partial charge in [0, 0.05) is 36.8 Å². The first-order valence-corrected chi connectivity index (χ1v) is 7.81. The fraction of sp³-hybridized carbons (Fsp3) is 0.105. The molecule has 4 rings (SSSR count). The lowest BCUT2D eigenvalue weighted by Gasteiger charge is -2.03. The molecular formula is C19H13NO6. The molecule has 0 aliphatic rings. The topological polar surface area (TPSA) is 98.6 Å². The van der Waals surface area contributed by atoms with Crippen LogP contribution in [0.4, 0.5) is 0 Å². The number of fused-ring (bicyclic) bond motifs is 5. The summed E-state index contributed by atoms with van der Waals surface area (Å²) in [4.78, 5) is 37.9. The molecule has 130 valence electrons. The Kier molecular flexibility index (Phi) is 3.50. The summed E-state index contributed by atoms with van der Waals surface area (Å²) in [7, 11) is 0. The maximum Gasteiger partial charge on any atom is 0.346 e. The van der Waals surface area contributed by atoms with Gasteiger partial charge >= 0.3 is 17.6 Å². The van der Waals surface area contributed by atoms with Gasteiger partial charge in [-0.15, -0.1) is 0 Å². The average Bonchev–Trinajstić information content (AvgIpc) is 2.92. The van der Waals surface area contributed by atoms with Crippen LogP contribution in [0, 0.1) is 0 Å². The highest BCUT2D eigenvalue weighted by molar-refractivity contribution is 6.15. The van der Waals surface area contributed by atoms with Crippen molar-refractivity contribution in [1.29, 1.82) is 0 Å². The molecule has 7 heteroatoms. The maximum atomic E-state index is 12.5. The predicted molar refractivity (Wildman–Crippen MR) is 94.5 cm³/mol. The first kappa shape index (κ1) is 15.9. The summed E-state index contributed by atoms with van der Waals surface area (Å²) in [5, 5.41) is 1.73. The molecule has 0 saturated carbocycles. The molecule has 0 aliphatic carbocycles. The summed E-state index contributed by atoms with van der Waals surface area (Å²) in [6.07, 6.45) is 0. The van der Waals surface area contributed by atoms with Gasteiger partial charge in [0.1, 0.15) is 17.1 Å². The fourth-order valence-corrected chi connectivity index (χ4v) is 2.99. The highest BCUT2D eigenvalue weighted by Crippen LogP contribution is 2.32. The number of carbonyl (C=O) groups is 2. The zero-order valence-electron chi connectivity index (χ0n) is 13.9. The van der Waals surface area contributed by atoms with Crippen molar-refractivity contribution in [3.63, 3.8) is 0 Å². The molecule has 7 nitrogen and oxygen atoms in total. The van der Waals surface area contributed by atoms with Crippen LogP contribution >= 0.6 is 0 Å². The van der Waals surface area contributed by atoms with E-state index >= 15 is 0 Å². The Morgan fingerprint density at radius 3 is 2.19 bits per heavy atom. The van der Waals surface area contributed by atoms with Crippen LogP contribution < -0.4 is 15.1 Å². The van der Waals surface area contributed by atoms with E-state index in [-0.39, 0.29) is 0 Å². The monoisotopic (exact) mass is 351 g/mol. The summed E-state index contributed by atoms with van der Waals surface area (Å²) in [6.45, 7) is 2.61. The Labute approximate surface area is 146 Å². The summed E-state index contributed by atoms with van der Waals surface area (Å²) >= 11 is 0. The van der Waals surface area contributed by atoms with Gasteiger partial charge < -0.3 is 18.9 Å². The molecule has 0 radical (unpaired) electrons. The standard InChI is InChI=1S/C19H13NO6/c1-9(21)24-11-3-5-13-15(7-11)20-18-14-6-4-12(25-10(2)22)8-16(14)26-19(23)17(13)18/h3-8,20H,1-2H3. The fourth-order valence-electron chi connectivity index (χ4n) is 2.99. The third-order valence-corrected chi connectivity index (χ3v) is 3.92. The number of H-pyrrole nitrogens is 1.